The summed E-state index contributed by atoms with van der Waals surface area (Å²) in [6, 6.07) is 5.23. The average Bonchev–Trinajstić information content (AvgIpc) is 3.21. The van der Waals surface area contributed by atoms with Gasteiger partial charge in [0.2, 0.25) is 5.82 Å². The molecule has 130 valence electrons. The van der Waals surface area contributed by atoms with Crippen molar-refractivity contribution in [2.75, 3.05) is 5.32 Å². The highest BCUT2D eigenvalue weighted by molar-refractivity contribution is 5.91. The van der Waals surface area contributed by atoms with Gasteiger partial charge in [-0.25, -0.2) is 9.78 Å². The van der Waals surface area contributed by atoms with Crippen LogP contribution < -0.4 is 10.6 Å². The zero-order valence-corrected chi connectivity index (χ0v) is 14.2. The lowest BCUT2D eigenvalue weighted by Gasteiger charge is -2.15. The Balaban J connectivity index is 1.66. The topological polar surface area (TPSA) is 115 Å². The first-order valence-corrected chi connectivity index (χ1v) is 7.76. The largest absolute Gasteiger partial charge is 0.334 e. The van der Waals surface area contributed by atoms with Gasteiger partial charge in [0.15, 0.2) is 0 Å². The lowest BCUT2D eigenvalue weighted by atomic mass is 10.1. The molecule has 2 aromatic heterocycles. The van der Waals surface area contributed by atoms with E-state index in [-0.39, 0.29) is 12.1 Å². The third-order valence-corrected chi connectivity index (χ3v) is 3.56. The molecule has 25 heavy (non-hydrogen) atoms. The first kappa shape index (κ1) is 16.6. The second kappa shape index (κ2) is 7.07. The summed E-state index contributed by atoms with van der Waals surface area (Å²) in [6.07, 6.45) is 3.07. The molecule has 2 heterocycles. The van der Waals surface area contributed by atoms with E-state index >= 15 is 0 Å². The van der Waals surface area contributed by atoms with Crippen LogP contribution in [0.25, 0.3) is 11.4 Å². The molecule has 2 amide bonds. The van der Waals surface area contributed by atoms with Gasteiger partial charge >= 0.3 is 6.03 Å². The fourth-order valence-corrected chi connectivity index (χ4v) is 2.33. The number of urea groups is 1. The van der Waals surface area contributed by atoms with Crippen LogP contribution in [0.3, 0.4) is 0 Å². The van der Waals surface area contributed by atoms with E-state index < -0.39 is 0 Å². The number of nitrogens with zero attached hydrogens (tertiary/aromatic N) is 7. The van der Waals surface area contributed by atoms with Crippen molar-refractivity contribution in [2.45, 2.75) is 26.4 Å². The molecule has 0 spiro atoms. The number of carbonyl (C=O) groups is 1. The van der Waals surface area contributed by atoms with E-state index in [0.29, 0.717) is 18.1 Å². The molecule has 2 N–H and O–H groups in total. The lowest BCUT2D eigenvalue weighted by molar-refractivity contribution is 0.247. The second-order valence-electron chi connectivity index (χ2n) is 5.75. The van der Waals surface area contributed by atoms with Gasteiger partial charge in [0.1, 0.15) is 12.7 Å². The van der Waals surface area contributed by atoms with Gasteiger partial charge in [-0.2, -0.15) is 9.90 Å². The van der Waals surface area contributed by atoms with Crippen molar-refractivity contribution in [1.29, 1.82) is 0 Å². The first-order valence-electron chi connectivity index (χ1n) is 7.76. The van der Waals surface area contributed by atoms with Crippen LogP contribution in [0.1, 0.15) is 12.5 Å². The zero-order chi connectivity index (χ0) is 17.8. The number of nitrogens with one attached hydrogen (secondary N) is 2. The molecule has 0 aliphatic heterocycles. The minimum Gasteiger partial charge on any atom is -0.334 e. The molecule has 0 fully saturated rings. The van der Waals surface area contributed by atoms with Crippen molar-refractivity contribution in [1.82, 2.24) is 40.3 Å². The lowest BCUT2D eigenvalue weighted by Crippen LogP contribution is -2.38. The molecular formula is C15H19N9O. The number of rotatable bonds is 5. The van der Waals surface area contributed by atoms with Crippen molar-refractivity contribution in [3.05, 3.63) is 36.4 Å². The molecule has 0 radical (unpaired) electrons. The molecule has 3 aromatic rings. The summed E-state index contributed by atoms with van der Waals surface area (Å²) in [4.78, 5) is 17.5. The first-order chi connectivity index (χ1) is 12.0. The predicted octanol–water partition coefficient (Wildman–Crippen LogP) is 0.987. The Morgan fingerprint density at radius 1 is 1.36 bits per heavy atom. The molecule has 0 aliphatic rings. The highest BCUT2D eigenvalue weighted by Gasteiger charge is 2.12. The van der Waals surface area contributed by atoms with E-state index in [1.54, 1.807) is 18.1 Å². The monoisotopic (exact) mass is 341 g/mol. The van der Waals surface area contributed by atoms with Crippen LogP contribution in [0.4, 0.5) is 10.5 Å². The Kier molecular flexibility index (Phi) is 4.68. The summed E-state index contributed by atoms with van der Waals surface area (Å²) in [7, 11) is 1.70. The van der Waals surface area contributed by atoms with Crippen LogP contribution in [0.5, 0.6) is 0 Å². The number of hydrogen-bond acceptors (Lipinski definition) is 6. The molecule has 0 saturated carbocycles. The molecule has 0 saturated heterocycles. The maximum absolute atomic E-state index is 12.2. The molecular weight excluding hydrogens is 322 g/mol. The van der Waals surface area contributed by atoms with E-state index in [9.17, 15) is 4.79 Å². The number of carbonyl (C=O) groups excluding carboxylic acids is 1. The summed E-state index contributed by atoms with van der Waals surface area (Å²) in [5.74, 6) is 0.505. The van der Waals surface area contributed by atoms with E-state index in [1.807, 2.05) is 32.0 Å². The minimum atomic E-state index is -0.292. The predicted molar refractivity (Wildman–Crippen MR) is 90.6 cm³/mol. The van der Waals surface area contributed by atoms with Crippen LogP contribution in [0, 0.1) is 6.92 Å². The van der Waals surface area contributed by atoms with Crippen molar-refractivity contribution < 1.29 is 4.79 Å². The van der Waals surface area contributed by atoms with Crippen LogP contribution in [0.2, 0.25) is 0 Å². The molecule has 0 unspecified atom stereocenters. The number of benzene rings is 1. The van der Waals surface area contributed by atoms with Gasteiger partial charge in [-0.05, 0) is 30.7 Å². The maximum Gasteiger partial charge on any atom is 0.319 e. The summed E-state index contributed by atoms with van der Waals surface area (Å²) in [5, 5.41) is 21.7. The quantitative estimate of drug-likeness (QED) is 0.715. The van der Waals surface area contributed by atoms with E-state index in [4.69, 9.17) is 0 Å². The Hall–Kier alpha value is -3.30. The number of aromatic nitrogens is 7. The fraction of sp³-hybridized carbons (Fsp3) is 0.333. The summed E-state index contributed by atoms with van der Waals surface area (Å²) in [5.41, 5.74) is 2.41. The number of aryl methyl sites for hydroxylation is 2. The zero-order valence-electron chi connectivity index (χ0n) is 14.2. The smallest absolute Gasteiger partial charge is 0.319 e. The Morgan fingerprint density at radius 3 is 2.88 bits per heavy atom. The summed E-state index contributed by atoms with van der Waals surface area (Å²) in [6.45, 7) is 4.35. The molecule has 3 rings (SSSR count). The van der Waals surface area contributed by atoms with Crippen LogP contribution in [-0.2, 0) is 13.6 Å². The minimum absolute atomic E-state index is 0.105. The van der Waals surface area contributed by atoms with Crippen molar-refractivity contribution in [2.24, 2.45) is 7.05 Å². The van der Waals surface area contributed by atoms with Gasteiger partial charge in [-0.1, -0.05) is 12.1 Å². The molecule has 10 heteroatoms. The fourth-order valence-electron chi connectivity index (χ4n) is 2.33. The molecule has 1 aromatic carbocycles. The third kappa shape index (κ3) is 4.16. The number of tetrazole rings is 1. The molecule has 0 bridgehead atoms. The Morgan fingerprint density at radius 2 is 2.20 bits per heavy atom. The van der Waals surface area contributed by atoms with Crippen molar-refractivity contribution >= 4 is 11.7 Å². The van der Waals surface area contributed by atoms with E-state index in [0.717, 1.165) is 11.1 Å². The molecule has 10 nitrogen and oxygen atoms in total. The van der Waals surface area contributed by atoms with Gasteiger partial charge in [0, 0.05) is 17.3 Å². The van der Waals surface area contributed by atoms with Crippen molar-refractivity contribution in [3.8, 4) is 11.4 Å². The summed E-state index contributed by atoms with van der Waals surface area (Å²) >= 11 is 0. The van der Waals surface area contributed by atoms with Crippen LogP contribution >= 0.6 is 0 Å². The van der Waals surface area contributed by atoms with Gasteiger partial charge in [0.05, 0.1) is 13.6 Å². The van der Waals surface area contributed by atoms with E-state index in [2.05, 4.69) is 36.1 Å². The van der Waals surface area contributed by atoms with Gasteiger partial charge in [0.25, 0.3) is 0 Å². The second-order valence-corrected chi connectivity index (χ2v) is 5.75. The normalized spacial score (nSPS) is 12.0. The standard InChI is InChI=1S/C15H19N9O/c1-10-4-5-12(14-20-22-23(3)21-14)6-13(10)19-15(25)18-11(2)7-24-9-16-8-17-24/h4-6,8-9,11H,7H2,1-3H3,(H2,18,19,25)/t11-/m0/s1. The number of amides is 2. The van der Waals surface area contributed by atoms with Gasteiger partial charge in [-0.3, -0.25) is 4.68 Å². The Bertz CT molecular complexity index is 856. The van der Waals surface area contributed by atoms with Crippen LogP contribution in [0.15, 0.2) is 30.9 Å². The maximum atomic E-state index is 12.2. The van der Waals surface area contributed by atoms with Gasteiger partial charge < -0.3 is 10.6 Å². The number of hydrogen-bond donors (Lipinski definition) is 2. The molecule has 1 atom stereocenters. The SMILES string of the molecule is Cc1ccc(-c2nnn(C)n2)cc1NC(=O)N[C@@H](C)Cn1cncn1. The third-order valence-electron chi connectivity index (χ3n) is 3.56. The number of anilines is 1. The van der Waals surface area contributed by atoms with E-state index in [1.165, 1.54) is 11.1 Å². The summed E-state index contributed by atoms with van der Waals surface area (Å²) < 4.78 is 1.66. The van der Waals surface area contributed by atoms with Crippen molar-refractivity contribution in [3.63, 3.8) is 0 Å². The molecule has 0 aliphatic carbocycles. The average molecular weight is 341 g/mol. The highest BCUT2D eigenvalue weighted by Crippen LogP contribution is 2.22. The van der Waals surface area contributed by atoms with Crippen LogP contribution in [-0.4, -0.2) is 47.0 Å². The Labute approximate surface area is 144 Å². The highest BCUT2D eigenvalue weighted by atomic mass is 16.2. The van der Waals surface area contributed by atoms with Gasteiger partial charge in [-0.15, -0.1) is 10.2 Å².